The van der Waals surface area contributed by atoms with Crippen molar-refractivity contribution in [3.8, 4) is 11.1 Å². The molecular formula is C24H24N6O2S. The number of amides is 1. The Kier molecular flexibility index (Phi) is 5.63. The van der Waals surface area contributed by atoms with E-state index in [0.717, 1.165) is 11.1 Å². The molecule has 3 aromatic heterocycles. The van der Waals surface area contributed by atoms with Gasteiger partial charge in [-0.3, -0.25) is 14.2 Å². The average molecular weight is 461 g/mol. The van der Waals surface area contributed by atoms with E-state index in [1.54, 1.807) is 23.4 Å². The third-order valence-electron chi connectivity index (χ3n) is 6.15. The van der Waals surface area contributed by atoms with Crippen LogP contribution in [-0.2, 0) is 11.3 Å². The maximum atomic E-state index is 13.3. The first-order valence-electron chi connectivity index (χ1n) is 10.9. The molecule has 33 heavy (non-hydrogen) atoms. The first kappa shape index (κ1) is 21.3. The summed E-state index contributed by atoms with van der Waals surface area (Å²) in [5.41, 5.74) is 4.06. The molecule has 168 valence electrons. The maximum absolute atomic E-state index is 13.3. The monoisotopic (exact) mass is 460 g/mol. The van der Waals surface area contributed by atoms with Crippen molar-refractivity contribution in [1.82, 2.24) is 24.4 Å². The number of rotatable bonds is 4. The van der Waals surface area contributed by atoms with Crippen LogP contribution in [0.5, 0.6) is 0 Å². The van der Waals surface area contributed by atoms with E-state index in [9.17, 15) is 9.59 Å². The summed E-state index contributed by atoms with van der Waals surface area (Å²) < 4.78 is 1.43. The van der Waals surface area contributed by atoms with E-state index in [2.05, 4.69) is 45.8 Å². The highest BCUT2D eigenvalue weighted by Crippen LogP contribution is 2.31. The molecule has 0 aliphatic carbocycles. The molecule has 8 nitrogen and oxygen atoms in total. The number of aryl methyl sites for hydroxylation is 2. The zero-order valence-electron chi connectivity index (χ0n) is 18.6. The molecule has 1 saturated heterocycles. The smallest absolute Gasteiger partial charge is 0.263 e. The highest BCUT2D eigenvalue weighted by atomic mass is 32.1. The second kappa shape index (κ2) is 8.74. The van der Waals surface area contributed by atoms with E-state index in [-0.39, 0.29) is 18.0 Å². The second-order valence-corrected chi connectivity index (χ2v) is 9.08. The van der Waals surface area contributed by atoms with Crippen LogP contribution in [0.3, 0.4) is 0 Å². The summed E-state index contributed by atoms with van der Waals surface area (Å²) >= 11 is 1.45. The number of benzene rings is 1. The minimum Gasteiger partial charge on any atom is -0.338 e. The van der Waals surface area contributed by atoms with Crippen LogP contribution in [0, 0.1) is 13.8 Å². The van der Waals surface area contributed by atoms with Crippen molar-refractivity contribution in [2.75, 3.05) is 31.1 Å². The summed E-state index contributed by atoms with van der Waals surface area (Å²) in [7, 11) is 0. The molecule has 0 bridgehead atoms. The van der Waals surface area contributed by atoms with Crippen LogP contribution in [0.15, 0.2) is 53.2 Å². The van der Waals surface area contributed by atoms with Crippen molar-refractivity contribution in [3.05, 3.63) is 69.8 Å². The minimum absolute atomic E-state index is 0.0220. The molecule has 5 rings (SSSR count). The fraction of sp³-hybridized carbons (Fsp3) is 0.292. The molecule has 1 fully saturated rings. The number of aromatic nitrogens is 4. The van der Waals surface area contributed by atoms with Gasteiger partial charge in [-0.15, -0.1) is 11.3 Å². The van der Waals surface area contributed by atoms with Crippen molar-refractivity contribution in [2.24, 2.45) is 0 Å². The van der Waals surface area contributed by atoms with Gasteiger partial charge in [-0.1, -0.05) is 18.2 Å². The Hall–Kier alpha value is -3.59. The van der Waals surface area contributed by atoms with Crippen LogP contribution >= 0.6 is 11.3 Å². The SMILES string of the molecule is Cc1ccc(-c2csc3ncn(CC(=O)N4CCN(c5ncccn5)CC4)c(=O)c23)cc1C. The van der Waals surface area contributed by atoms with Crippen LogP contribution in [0.25, 0.3) is 21.3 Å². The lowest BCUT2D eigenvalue weighted by Gasteiger charge is -2.34. The van der Waals surface area contributed by atoms with E-state index in [0.29, 0.717) is 42.3 Å². The number of nitrogens with zero attached hydrogens (tertiary/aromatic N) is 6. The molecule has 0 radical (unpaired) electrons. The maximum Gasteiger partial charge on any atom is 0.263 e. The Morgan fingerprint density at radius 3 is 2.52 bits per heavy atom. The topological polar surface area (TPSA) is 84.2 Å². The summed E-state index contributed by atoms with van der Waals surface area (Å²) in [6.07, 6.45) is 4.91. The van der Waals surface area contributed by atoms with E-state index in [4.69, 9.17) is 0 Å². The predicted octanol–water partition coefficient (Wildman–Crippen LogP) is 2.88. The summed E-state index contributed by atoms with van der Waals surface area (Å²) in [5, 5.41) is 2.55. The number of hydrogen-bond donors (Lipinski definition) is 0. The predicted molar refractivity (Wildman–Crippen MR) is 130 cm³/mol. The van der Waals surface area contributed by atoms with Crippen LogP contribution in [0.4, 0.5) is 5.95 Å². The number of piperazine rings is 1. The summed E-state index contributed by atoms with van der Waals surface area (Å²) in [6.45, 7) is 6.55. The lowest BCUT2D eigenvalue weighted by atomic mass is 10.0. The van der Waals surface area contributed by atoms with Crippen molar-refractivity contribution in [3.63, 3.8) is 0 Å². The van der Waals surface area contributed by atoms with Crippen LogP contribution in [-0.4, -0.2) is 56.5 Å². The number of fused-ring (bicyclic) bond motifs is 1. The van der Waals surface area contributed by atoms with Gasteiger partial charge in [0.1, 0.15) is 11.4 Å². The highest BCUT2D eigenvalue weighted by molar-refractivity contribution is 7.17. The number of hydrogen-bond acceptors (Lipinski definition) is 7. The van der Waals surface area contributed by atoms with Gasteiger partial charge in [0.25, 0.3) is 5.56 Å². The molecule has 0 saturated carbocycles. The Balaban J connectivity index is 1.35. The molecule has 4 aromatic rings. The number of carbonyl (C=O) groups is 1. The molecule has 9 heteroatoms. The minimum atomic E-state index is -0.181. The zero-order valence-corrected chi connectivity index (χ0v) is 19.4. The van der Waals surface area contributed by atoms with Gasteiger partial charge in [0.2, 0.25) is 11.9 Å². The molecule has 0 spiro atoms. The highest BCUT2D eigenvalue weighted by Gasteiger charge is 2.23. The van der Waals surface area contributed by atoms with Crippen molar-refractivity contribution in [1.29, 1.82) is 0 Å². The molecule has 0 N–H and O–H groups in total. The third kappa shape index (κ3) is 4.11. The second-order valence-electron chi connectivity index (χ2n) is 8.22. The van der Waals surface area contributed by atoms with Crippen molar-refractivity contribution in [2.45, 2.75) is 20.4 Å². The fourth-order valence-electron chi connectivity index (χ4n) is 4.06. The Labute approximate surface area is 195 Å². The molecule has 1 aliphatic heterocycles. The average Bonchev–Trinajstić information content (AvgIpc) is 3.28. The lowest BCUT2D eigenvalue weighted by Crippen LogP contribution is -2.50. The number of carbonyl (C=O) groups excluding carboxylic acids is 1. The van der Waals surface area contributed by atoms with Crippen LogP contribution in [0.2, 0.25) is 0 Å². The van der Waals surface area contributed by atoms with E-state index in [1.807, 2.05) is 11.4 Å². The van der Waals surface area contributed by atoms with Crippen molar-refractivity contribution < 1.29 is 4.79 Å². The molecule has 1 amide bonds. The Bertz CT molecular complexity index is 1370. The zero-order chi connectivity index (χ0) is 22.9. The van der Waals surface area contributed by atoms with Gasteiger partial charge in [-0.25, -0.2) is 15.0 Å². The van der Waals surface area contributed by atoms with Gasteiger partial charge in [-0.05, 0) is 36.6 Å². The molecule has 0 atom stereocenters. The summed E-state index contributed by atoms with van der Waals surface area (Å²) in [5.74, 6) is 0.585. The molecule has 4 heterocycles. The van der Waals surface area contributed by atoms with E-state index < -0.39 is 0 Å². The molecule has 1 aliphatic rings. The van der Waals surface area contributed by atoms with Gasteiger partial charge >= 0.3 is 0 Å². The normalized spacial score (nSPS) is 14.1. The van der Waals surface area contributed by atoms with Gasteiger partial charge in [0.15, 0.2) is 0 Å². The number of thiophene rings is 1. The number of anilines is 1. The Morgan fingerprint density at radius 2 is 1.79 bits per heavy atom. The fourth-order valence-corrected chi connectivity index (χ4v) is 4.96. The molecule has 0 unspecified atom stereocenters. The molecular weight excluding hydrogens is 436 g/mol. The first-order chi connectivity index (χ1) is 16.0. The van der Waals surface area contributed by atoms with E-state index >= 15 is 0 Å². The van der Waals surface area contributed by atoms with Gasteiger partial charge in [-0.2, -0.15) is 0 Å². The van der Waals surface area contributed by atoms with Gasteiger partial charge < -0.3 is 9.80 Å². The van der Waals surface area contributed by atoms with Crippen LogP contribution < -0.4 is 10.5 Å². The standard InChI is InChI=1S/C24H24N6O2S/c1-16-4-5-18(12-17(16)2)19-14-33-22-21(19)23(32)30(15-27-22)13-20(31)28-8-10-29(11-9-28)24-25-6-3-7-26-24/h3-7,12,14-15H,8-11,13H2,1-2H3. The van der Waals surface area contributed by atoms with Crippen molar-refractivity contribution >= 4 is 33.4 Å². The summed E-state index contributed by atoms with van der Waals surface area (Å²) in [6, 6.07) is 7.97. The van der Waals surface area contributed by atoms with Crippen LogP contribution in [0.1, 0.15) is 11.1 Å². The lowest BCUT2D eigenvalue weighted by molar-refractivity contribution is -0.132. The van der Waals surface area contributed by atoms with E-state index in [1.165, 1.54) is 33.4 Å². The largest absolute Gasteiger partial charge is 0.338 e. The third-order valence-corrected chi connectivity index (χ3v) is 7.04. The quantitative estimate of drug-likeness (QED) is 0.466. The first-order valence-corrected chi connectivity index (χ1v) is 11.7. The van der Waals surface area contributed by atoms with Gasteiger partial charge in [0, 0.05) is 49.5 Å². The summed E-state index contributed by atoms with van der Waals surface area (Å²) in [4.78, 5) is 43.8. The van der Waals surface area contributed by atoms with Gasteiger partial charge in [0.05, 0.1) is 11.7 Å². The Morgan fingerprint density at radius 1 is 1.03 bits per heavy atom. The molecule has 1 aromatic carbocycles.